The molecular weight excluding hydrogens is 566 g/mol. The first-order valence-electron chi connectivity index (χ1n) is 9.77. The maximum atomic E-state index is 14.2. The molecule has 34 heavy (non-hydrogen) atoms. The highest BCUT2D eigenvalue weighted by Crippen LogP contribution is 2.40. The fraction of sp³-hybridized carbons (Fsp3) is 0.0952. The van der Waals surface area contributed by atoms with Crippen LogP contribution in [0.3, 0.4) is 0 Å². The number of aromatic nitrogens is 4. The quantitative estimate of drug-likeness (QED) is 0.312. The summed E-state index contributed by atoms with van der Waals surface area (Å²) in [5.74, 6) is -0.105. The first kappa shape index (κ1) is 24.5. The van der Waals surface area contributed by atoms with Crippen molar-refractivity contribution >= 4 is 45.7 Å². The molecule has 0 aliphatic rings. The van der Waals surface area contributed by atoms with Crippen LogP contribution in [0.5, 0.6) is 0 Å². The molecule has 0 unspecified atom stereocenters. The number of hydrogen-bond donors (Lipinski definition) is 1. The monoisotopic (exact) mass is 581 g/mol. The number of tetrazole rings is 1. The number of hydrogen-bond acceptors (Lipinski definition) is 7. The summed E-state index contributed by atoms with van der Waals surface area (Å²) >= 11 is 3.30. The van der Waals surface area contributed by atoms with E-state index < -0.39 is 28.9 Å². The van der Waals surface area contributed by atoms with Gasteiger partial charge in [-0.3, -0.25) is 0 Å². The van der Waals surface area contributed by atoms with Crippen LogP contribution in [-0.4, -0.2) is 41.8 Å². The standard InChI is InChI=1S/C21H17BrClN5O4S2/c22-17-11-12-18(33(23,29)30)20(19(17)21-24-26-27-25-21)34(31,32)28(13-15-7-3-1-4-8-15)14-16-9-5-2-6-10-16/h1-12H,13-14H2,(H,24,25,26,27). The van der Waals surface area contributed by atoms with E-state index in [0.717, 1.165) is 6.07 Å². The number of aromatic amines is 1. The van der Waals surface area contributed by atoms with Gasteiger partial charge in [0.1, 0.15) is 9.79 Å². The van der Waals surface area contributed by atoms with E-state index >= 15 is 0 Å². The van der Waals surface area contributed by atoms with E-state index in [-0.39, 0.29) is 29.0 Å². The van der Waals surface area contributed by atoms with E-state index in [2.05, 4.69) is 36.6 Å². The van der Waals surface area contributed by atoms with Crippen molar-refractivity contribution in [2.75, 3.05) is 0 Å². The van der Waals surface area contributed by atoms with Crippen LogP contribution in [-0.2, 0) is 32.2 Å². The lowest BCUT2D eigenvalue weighted by atomic mass is 10.2. The van der Waals surface area contributed by atoms with Crippen LogP contribution in [0.1, 0.15) is 11.1 Å². The number of H-pyrrole nitrogens is 1. The van der Waals surface area contributed by atoms with Crippen molar-refractivity contribution in [2.45, 2.75) is 22.9 Å². The molecule has 0 saturated carbocycles. The largest absolute Gasteiger partial charge is 0.262 e. The van der Waals surface area contributed by atoms with E-state index in [0.29, 0.717) is 11.1 Å². The lowest BCUT2D eigenvalue weighted by molar-refractivity contribution is 0.400. The average molecular weight is 583 g/mol. The van der Waals surface area contributed by atoms with Crippen molar-refractivity contribution in [3.05, 3.63) is 88.4 Å². The van der Waals surface area contributed by atoms with E-state index in [1.165, 1.54) is 10.4 Å². The molecule has 4 aromatic rings. The molecule has 0 aliphatic heterocycles. The van der Waals surface area contributed by atoms with Gasteiger partial charge in [-0.25, -0.2) is 16.8 Å². The van der Waals surface area contributed by atoms with Gasteiger partial charge in [-0.05, 0) is 44.4 Å². The highest BCUT2D eigenvalue weighted by Gasteiger charge is 2.36. The molecule has 0 amide bonds. The summed E-state index contributed by atoms with van der Waals surface area (Å²) in [6, 6.07) is 20.5. The highest BCUT2D eigenvalue weighted by molar-refractivity contribution is 9.10. The number of nitrogens with one attached hydrogen (secondary N) is 1. The molecule has 0 saturated heterocycles. The normalized spacial score (nSPS) is 12.2. The smallest absolute Gasteiger partial charge is 0.207 e. The Morgan fingerprint density at radius 2 is 1.41 bits per heavy atom. The Morgan fingerprint density at radius 1 is 0.853 bits per heavy atom. The van der Waals surface area contributed by atoms with Crippen LogP contribution >= 0.6 is 26.6 Å². The van der Waals surface area contributed by atoms with Gasteiger partial charge in [0, 0.05) is 28.2 Å². The van der Waals surface area contributed by atoms with Crippen molar-refractivity contribution in [1.29, 1.82) is 0 Å². The Hall–Kier alpha value is -2.64. The Labute approximate surface area is 209 Å². The molecule has 0 fully saturated rings. The number of sulfonamides is 1. The molecule has 0 spiro atoms. The van der Waals surface area contributed by atoms with Crippen LogP contribution in [0.4, 0.5) is 0 Å². The van der Waals surface area contributed by atoms with E-state index in [4.69, 9.17) is 10.7 Å². The van der Waals surface area contributed by atoms with Crippen molar-refractivity contribution < 1.29 is 16.8 Å². The maximum Gasteiger partial charge on any atom is 0.262 e. The van der Waals surface area contributed by atoms with Gasteiger partial charge in [-0.2, -0.15) is 9.52 Å². The highest BCUT2D eigenvalue weighted by atomic mass is 79.9. The van der Waals surface area contributed by atoms with Crippen LogP contribution in [0, 0.1) is 0 Å². The second kappa shape index (κ2) is 9.92. The second-order valence-corrected chi connectivity index (χ2v) is 12.4. The summed E-state index contributed by atoms with van der Waals surface area (Å²) in [7, 11) is -3.25. The molecule has 13 heteroatoms. The molecule has 0 bridgehead atoms. The fourth-order valence-electron chi connectivity index (χ4n) is 3.39. The molecule has 0 atom stereocenters. The van der Waals surface area contributed by atoms with Crippen molar-refractivity contribution in [3.8, 4) is 11.4 Å². The minimum absolute atomic E-state index is 0.0158. The minimum Gasteiger partial charge on any atom is -0.207 e. The summed E-state index contributed by atoms with van der Waals surface area (Å²) in [6.45, 7) is -0.0317. The molecule has 0 radical (unpaired) electrons. The van der Waals surface area contributed by atoms with Crippen LogP contribution in [0.2, 0.25) is 0 Å². The fourth-order valence-corrected chi connectivity index (χ4v) is 7.43. The number of benzene rings is 3. The molecule has 1 N–H and O–H groups in total. The average Bonchev–Trinajstić information content (AvgIpc) is 3.33. The summed E-state index contributed by atoms with van der Waals surface area (Å²) in [5.41, 5.74) is 1.36. The zero-order valence-corrected chi connectivity index (χ0v) is 21.3. The van der Waals surface area contributed by atoms with Gasteiger partial charge in [0.15, 0.2) is 0 Å². The third-order valence-corrected chi connectivity index (χ3v) is 8.94. The zero-order chi connectivity index (χ0) is 24.3. The van der Waals surface area contributed by atoms with Crippen molar-refractivity contribution in [2.24, 2.45) is 0 Å². The Bertz CT molecular complexity index is 1460. The van der Waals surface area contributed by atoms with Gasteiger partial charge in [-0.1, -0.05) is 60.7 Å². The minimum atomic E-state index is -4.47. The first-order valence-corrected chi connectivity index (χ1v) is 14.3. The molecule has 1 aromatic heterocycles. The van der Waals surface area contributed by atoms with Gasteiger partial charge in [-0.15, -0.1) is 10.2 Å². The third-order valence-electron chi connectivity index (χ3n) is 4.90. The first-order chi connectivity index (χ1) is 16.2. The summed E-state index contributed by atoms with van der Waals surface area (Å²) in [4.78, 5) is -1.12. The summed E-state index contributed by atoms with van der Waals surface area (Å²) < 4.78 is 54.7. The topological polar surface area (TPSA) is 126 Å². The molecule has 4 rings (SSSR count). The third kappa shape index (κ3) is 5.20. The van der Waals surface area contributed by atoms with Gasteiger partial charge in [0.05, 0.1) is 5.56 Å². The predicted octanol–water partition coefficient (Wildman–Crippen LogP) is 3.95. The maximum absolute atomic E-state index is 14.2. The number of nitrogens with zero attached hydrogens (tertiary/aromatic N) is 4. The summed E-state index contributed by atoms with van der Waals surface area (Å²) in [5, 5.41) is 13.5. The molecule has 0 aliphatic carbocycles. The lowest BCUT2D eigenvalue weighted by Crippen LogP contribution is -2.31. The predicted molar refractivity (Wildman–Crippen MR) is 130 cm³/mol. The van der Waals surface area contributed by atoms with Gasteiger partial charge in [0.2, 0.25) is 15.8 Å². The SMILES string of the molecule is O=S(=O)(Cl)c1ccc(Br)c(-c2nn[nH]n2)c1S(=O)(=O)N(Cc1ccccc1)Cc1ccccc1. The summed E-state index contributed by atoms with van der Waals surface area (Å²) in [6.07, 6.45) is 0. The van der Waals surface area contributed by atoms with E-state index in [1.807, 2.05) is 12.1 Å². The lowest BCUT2D eigenvalue weighted by Gasteiger charge is -2.25. The molecule has 3 aromatic carbocycles. The van der Waals surface area contributed by atoms with Gasteiger partial charge < -0.3 is 0 Å². The zero-order valence-electron chi connectivity index (χ0n) is 17.3. The number of rotatable bonds is 8. The Morgan fingerprint density at radius 3 is 1.88 bits per heavy atom. The van der Waals surface area contributed by atoms with Crippen LogP contribution in [0.25, 0.3) is 11.4 Å². The van der Waals surface area contributed by atoms with Crippen molar-refractivity contribution in [1.82, 2.24) is 24.9 Å². The van der Waals surface area contributed by atoms with Gasteiger partial charge >= 0.3 is 0 Å². The van der Waals surface area contributed by atoms with E-state index in [1.54, 1.807) is 48.5 Å². The Kier molecular flexibility index (Phi) is 7.14. The molecule has 176 valence electrons. The van der Waals surface area contributed by atoms with Crippen LogP contribution in [0.15, 0.2) is 87.1 Å². The Balaban J connectivity index is 1.96. The van der Waals surface area contributed by atoms with Crippen molar-refractivity contribution in [3.63, 3.8) is 0 Å². The number of halogens is 2. The van der Waals surface area contributed by atoms with Gasteiger partial charge in [0.25, 0.3) is 9.05 Å². The van der Waals surface area contributed by atoms with Crippen LogP contribution < -0.4 is 0 Å². The van der Waals surface area contributed by atoms with E-state index in [9.17, 15) is 16.8 Å². The second-order valence-electron chi connectivity index (χ2n) is 7.17. The molecular formula is C21H17BrClN5O4S2. The molecule has 1 heterocycles. The molecule has 9 nitrogen and oxygen atoms in total.